The fourth-order valence-corrected chi connectivity index (χ4v) is 9.33. The molecule has 0 nitrogen and oxygen atoms in total. The maximum absolute atomic E-state index is 2.41. The molecule has 0 heterocycles. The van der Waals surface area contributed by atoms with Crippen LogP contribution < -0.4 is 0 Å². The topological polar surface area (TPSA) is 0 Å². The molecule has 0 saturated carbocycles. The molecule has 0 N–H and O–H groups in total. The van der Waals surface area contributed by atoms with Gasteiger partial charge in [0.1, 0.15) is 0 Å². The number of fused-ring (bicyclic) bond motifs is 7. The summed E-state index contributed by atoms with van der Waals surface area (Å²) in [5.74, 6) is 0. The van der Waals surface area contributed by atoms with Crippen LogP contribution in [0.3, 0.4) is 0 Å². The van der Waals surface area contributed by atoms with Crippen molar-refractivity contribution in [2.24, 2.45) is 0 Å². The maximum Gasteiger partial charge on any atom is 0.0719 e. The standard InChI is InChI=1S/C49H30/c1-3-14-35(15-4-1)49(36-16-5-2-6-17-36)44-30-25-31-11-7-8-18-37(31)47(44)43-29-28-40-38(19-10-20-42(40)48(43)49)39-26-23-34-22-21-32-12-9-13-33-24-27-41(39)46(34)45(32)33/h1-30H. The van der Waals surface area contributed by atoms with Gasteiger partial charge in [-0.2, -0.15) is 0 Å². The monoisotopic (exact) mass is 618 g/mol. The van der Waals surface area contributed by atoms with Gasteiger partial charge in [0, 0.05) is 0 Å². The summed E-state index contributed by atoms with van der Waals surface area (Å²) in [4.78, 5) is 0. The number of benzene rings is 10. The third kappa shape index (κ3) is 3.48. The molecule has 0 aliphatic heterocycles. The normalized spacial score (nSPS) is 13.5. The van der Waals surface area contributed by atoms with E-state index in [1.807, 2.05) is 0 Å². The van der Waals surface area contributed by atoms with E-state index < -0.39 is 5.41 Å². The first-order valence-corrected chi connectivity index (χ1v) is 17.2. The van der Waals surface area contributed by atoms with Crippen LogP contribution in [0.5, 0.6) is 0 Å². The fourth-order valence-electron chi connectivity index (χ4n) is 9.33. The van der Waals surface area contributed by atoms with E-state index in [1.54, 1.807) is 0 Å². The summed E-state index contributed by atoms with van der Waals surface area (Å²) in [7, 11) is 0. The van der Waals surface area contributed by atoms with Gasteiger partial charge in [0.05, 0.1) is 5.41 Å². The van der Waals surface area contributed by atoms with Gasteiger partial charge >= 0.3 is 0 Å². The van der Waals surface area contributed by atoms with Gasteiger partial charge < -0.3 is 0 Å². The van der Waals surface area contributed by atoms with Crippen molar-refractivity contribution in [1.29, 1.82) is 0 Å². The Bertz CT molecular complexity index is 2860. The SMILES string of the molecule is c1ccc(C2(c3ccccc3)c3ccc4ccccc4c3-c3ccc4c(-c5ccc6ccc7cccc8ccc5c6c78)cccc4c32)cc1. The molecule has 226 valence electrons. The van der Waals surface area contributed by atoms with Crippen molar-refractivity contribution in [2.75, 3.05) is 0 Å². The quantitative estimate of drug-likeness (QED) is 0.173. The van der Waals surface area contributed by atoms with E-state index in [0.717, 1.165) is 0 Å². The minimum Gasteiger partial charge on any atom is -0.0622 e. The van der Waals surface area contributed by atoms with Gasteiger partial charge in [-0.25, -0.2) is 0 Å². The molecule has 10 aromatic rings. The molecule has 1 aliphatic carbocycles. The Labute approximate surface area is 284 Å². The summed E-state index contributed by atoms with van der Waals surface area (Å²) in [5.41, 5.74) is 10.0. The minimum atomic E-state index is -0.488. The van der Waals surface area contributed by atoms with Gasteiger partial charge in [0.25, 0.3) is 0 Å². The third-order valence-electron chi connectivity index (χ3n) is 11.3. The van der Waals surface area contributed by atoms with Gasteiger partial charge in [0.15, 0.2) is 0 Å². The number of hydrogen-bond donors (Lipinski definition) is 0. The first kappa shape index (κ1) is 26.8. The van der Waals surface area contributed by atoms with Crippen LogP contribution in [0, 0.1) is 0 Å². The molecule has 11 rings (SSSR count). The lowest BCUT2D eigenvalue weighted by Crippen LogP contribution is -2.28. The lowest BCUT2D eigenvalue weighted by molar-refractivity contribution is 0.776. The van der Waals surface area contributed by atoms with Crippen molar-refractivity contribution >= 4 is 53.9 Å². The smallest absolute Gasteiger partial charge is 0.0622 e. The van der Waals surface area contributed by atoms with Gasteiger partial charge in [-0.05, 0) is 98.4 Å². The number of hydrogen-bond acceptors (Lipinski definition) is 0. The molecular weight excluding hydrogens is 589 g/mol. The highest BCUT2D eigenvalue weighted by molar-refractivity contribution is 6.26. The zero-order valence-corrected chi connectivity index (χ0v) is 26.8. The Morgan fingerprint density at radius 2 is 0.816 bits per heavy atom. The van der Waals surface area contributed by atoms with E-state index in [2.05, 4.69) is 182 Å². The van der Waals surface area contributed by atoms with E-state index in [9.17, 15) is 0 Å². The Hall–Kier alpha value is -6.24. The first-order valence-electron chi connectivity index (χ1n) is 17.2. The number of rotatable bonds is 3. The van der Waals surface area contributed by atoms with Crippen molar-refractivity contribution in [1.82, 2.24) is 0 Å². The molecule has 0 saturated heterocycles. The summed E-state index contributed by atoms with van der Waals surface area (Å²) in [6.45, 7) is 0. The van der Waals surface area contributed by atoms with Crippen LogP contribution in [-0.2, 0) is 5.41 Å². The first-order chi connectivity index (χ1) is 24.3. The van der Waals surface area contributed by atoms with E-state index in [1.165, 1.54) is 98.4 Å². The highest BCUT2D eigenvalue weighted by Gasteiger charge is 2.47. The second-order valence-corrected chi connectivity index (χ2v) is 13.5. The Kier molecular flexibility index (Phi) is 5.41. The van der Waals surface area contributed by atoms with Crippen LogP contribution in [0.15, 0.2) is 182 Å². The molecule has 0 unspecified atom stereocenters. The van der Waals surface area contributed by atoms with Crippen molar-refractivity contribution in [3.05, 3.63) is 204 Å². The molecule has 1 aliphatic rings. The van der Waals surface area contributed by atoms with Crippen molar-refractivity contribution in [3.8, 4) is 22.3 Å². The van der Waals surface area contributed by atoms with Gasteiger partial charge in [-0.3, -0.25) is 0 Å². The second kappa shape index (κ2) is 9.89. The predicted octanol–water partition coefficient (Wildman–Crippen LogP) is 12.9. The fraction of sp³-hybridized carbons (Fsp3) is 0.0204. The lowest BCUT2D eigenvalue weighted by atomic mass is 9.66. The molecule has 0 bridgehead atoms. The molecule has 0 amide bonds. The molecule has 10 aromatic carbocycles. The minimum absolute atomic E-state index is 0.488. The van der Waals surface area contributed by atoms with Crippen LogP contribution >= 0.6 is 0 Å². The van der Waals surface area contributed by atoms with Crippen LogP contribution in [0.2, 0.25) is 0 Å². The second-order valence-electron chi connectivity index (χ2n) is 13.5. The summed E-state index contributed by atoms with van der Waals surface area (Å²) in [6.07, 6.45) is 0. The summed E-state index contributed by atoms with van der Waals surface area (Å²) >= 11 is 0. The Morgan fingerprint density at radius 1 is 0.286 bits per heavy atom. The van der Waals surface area contributed by atoms with E-state index in [-0.39, 0.29) is 0 Å². The van der Waals surface area contributed by atoms with Gasteiger partial charge in [-0.1, -0.05) is 182 Å². The summed E-state index contributed by atoms with van der Waals surface area (Å²) in [5, 5.41) is 13.1. The summed E-state index contributed by atoms with van der Waals surface area (Å²) in [6, 6.07) is 68.2. The molecule has 0 atom stereocenters. The largest absolute Gasteiger partial charge is 0.0719 e. The van der Waals surface area contributed by atoms with E-state index in [0.29, 0.717) is 0 Å². The van der Waals surface area contributed by atoms with Crippen LogP contribution in [0.4, 0.5) is 0 Å². The van der Waals surface area contributed by atoms with E-state index >= 15 is 0 Å². The molecular formula is C49H30. The van der Waals surface area contributed by atoms with Crippen molar-refractivity contribution in [2.45, 2.75) is 5.41 Å². The molecule has 0 radical (unpaired) electrons. The van der Waals surface area contributed by atoms with E-state index in [4.69, 9.17) is 0 Å². The molecule has 0 aromatic heterocycles. The zero-order valence-electron chi connectivity index (χ0n) is 26.8. The van der Waals surface area contributed by atoms with Crippen molar-refractivity contribution in [3.63, 3.8) is 0 Å². The zero-order chi connectivity index (χ0) is 32.1. The Morgan fingerprint density at radius 3 is 1.59 bits per heavy atom. The molecule has 49 heavy (non-hydrogen) atoms. The summed E-state index contributed by atoms with van der Waals surface area (Å²) < 4.78 is 0. The van der Waals surface area contributed by atoms with Gasteiger partial charge in [0.2, 0.25) is 0 Å². The average Bonchev–Trinajstić information content (AvgIpc) is 3.49. The molecule has 0 fully saturated rings. The van der Waals surface area contributed by atoms with Crippen molar-refractivity contribution < 1.29 is 0 Å². The maximum atomic E-state index is 2.41. The van der Waals surface area contributed by atoms with Gasteiger partial charge in [-0.15, -0.1) is 0 Å². The highest BCUT2D eigenvalue weighted by atomic mass is 14.5. The average molecular weight is 619 g/mol. The molecule has 0 heteroatoms. The highest BCUT2D eigenvalue weighted by Crippen LogP contribution is 2.60. The van der Waals surface area contributed by atoms with Crippen LogP contribution in [-0.4, -0.2) is 0 Å². The Balaban J connectivity index is 1.30. The third-order valence-corrected chi connectivity index (χ3v) is 11.3. The lowest BCUT2D eigenvalue weighted by Gasteiger charge is -2.35. The molecule has 0 spiro atoms. The predicted molar refractivity (Wildman–Crippen MR) is 208 cm³/mol. The van der Waals surface area contributed by atoms with Crippen LogP contribution in [0.1, 0.15) is 22.3 Å². The van der Waals surface area contributed by atoms with Crippen LogP contribution in [0.25, 0.3) is 76.1 Å².